The molecule has 2 saturated heterocycles. The Bertz CT molecular complexity index is 1260. The maximum absolute atomic E-state index is 13.7. The van der Waals surface area contributed by atoms with Gasteiger partial charge in [-0.2, -0.15) is 0 Å². The number of carbonyl (C=O) groups excluding carboxylic acids is 1. The van der Waals surface area contributed by atoms with Crippen LogP contribution in [0.1, 0.15) is 79.0 Å². The maximum Gasteiger partial charge on any atom is 0.256 e. The Labute approximate surface area is 243 Å². The molecular weight excluding hydrogens is 520 g/mol. The molecule has 41 heavy (non-hydrogen) atoms. The number of rotatable bonds is 10. The molecule has 2 aromatic rings. The second-order valence-electron chi connectivity index (χ2n) is 11.7. The number of carbonyl (C=O) groups is 1. The third kappa shape index (κ3) is 6.72. The van der Waals surface area contributed by atoms with E-state index < -0.39 is 0 Å². The molecule has 3 aliphatic rings. The Kier molecular flexibility index (Phi) is 9.55. The lowest BCUT2D eigenvalue weighted by Gasteiger charge is -2.44. The summed E-state index contributed by atoms with van der Waals surface area (Å²) in [5.41, 5.74) is 3.34. The first-order valence-electron chi connectivity index (χ1n) is 15.3. The third-order valence-electron chi connectivity index (χ3n) is 9.04. The number of amides is 1. The van der Waals surface area contributed by atoms with Gasteiger partial charge < -0.3 is 34.3 Å². The van der Waals surface area contributed by atoms with E-state index in [4.69, 9.17) is 14.2 Å². The summed E-state index contributed by atoms with van der Waals surface area (Å²) in [6, 6.07) is 6.71. The van der Waals surface area contributed by atoms with Crippen molar-refractivity contribution in [1.82, 2.24) is 15.2 Å². The zero-order valence-corrected chi connectivity index (χ0v) is 25.1. The molecule has 3 heterocycles. The number of nitrogens with zero attached hydrogens (tertiary/aromatic N) is 2. The van der Waals surface area contributed by atoms with Gasteiger partial charge in [-0.25, -0.2) is 0 Å². The van der Waals surface area contributed by atoms with Crippen LogP contribution < -0.4 is 25.2 Å². The minimum absolute atomic E-state index is 0.0646. The molecule has 3 fully saturated rings. The van der Waals surface area contributed by atoms with Gasteiger partial charge in [0.25, 0.3) is 11.5 Å². The van der Waals surface area contributed by atoms with Gasteiger partial charge >= 0.3 is 0 Å². The minimum Gasteiger partial charge on any atom is -0.496 e. The maximum atomic E-state index is 13.7. The van der Waals surface area contributed by atoms with E-state index in [1.807, 2.05) is 13.0 Å². The largest absolute Gasteiger partial charge is 0.496 e. The zero-order chi connectivity index (χ0) is 28.9. The predicted octanol–water partition coefficient (Wildman–Crippen LogP) is 4.33. The molecule has 1 aromatic heterocycles. The number of pyridine rings is 1. The number of likely N-dealkylation sites (tertiary alicyclic amines) is 1. The Hall–Kier alpha value is -3.04. The summed E-state index contributed by atoms with van der Waals surface area (Å²) in [6.07, 6.45) is 8.04. The average molecular weight is 567 g/mol. The van der Waals surface area contributed by atoms with E-state index in [1.54, 1.807) is 13.0 Å². The SMILES string of the molecule is CCN(c1cc(OC2CC(N3CCCCC3)C2)cc(C(=O)NCc2c(OC)cc(C)[nH]c2=O)c1C)C1CCOCC1. The molecule has 5 rings (SSSR count). The number of hydrogen-bond donors (Lipinski definition) is 2. The molecule has 0 bridgehead atoms. The average Bonchev–Trinajstić information content (AvgIpc) is 2.96. The summed E-state index contributed by atoms with van der Waals surface area (Å²) in [7, 11) is 1.53. The molecule has 0 unspecified atom stereocenters. The lowest BCUT2D eigenvalue weighted by Crippen LogP contribution is -2.50. The number of ether oxygens (including phenoxy) is 3. The van der Waals surface area contributed by atoms with Crippen molar-refractivity contribution >= 4 is 11.6 Å². The number of nitrogens with one attached hydrogen (secondary N) is 2. The van der Waals surface area contributed by atoms with Crippen LogP contribution in [0.4, 0.5) is 5.69 Å². The van der Waals surface area contributed by atoms with Gasteiger partial charge in [-0.15, -0.1) is 0 Å². The molecule has 0 atom stereocenters. The van der Waals surface area contributed by atoms with E-state index >= 15 is 0 Å². The highest BCUT2D eigenvalue weighted by Crippen LogP contribution is 2.36. The van der Waals surface area contributed by atoms with E-state index in [-0.39, 0.29) is 24.1 Å². The Morgan fingerprint density at radius 2 is 1.85 bits per heavy atom. The first-order valence-corrected chi connectivity index (χ1v) is 15.3. The summed E-state index contributed by atoms with van der Waals surface area (Å²) in [4.78, 5) is 34.1. The van der Waals surface area contributed by atoms with Crippen LogP contribution in [0.5, 0.6) is 11.5 Å². The molecule has 0 spiro atoms. The first-order chi connectivity index (χ1) is 19.9. The molecule has 1 saturated carbocycles. The van der Waals surface area contributed by atoms with Crippen LogP contribution in [0.15, 0.2) is 23.0 Å². The summed E-state index contributed by atoms with van der Waals surface area (Å²) < 4.78 is 17.6. The number of anilines is 1. The van der Waals surface area contributed by atoms with Gasteiger partial charge in [0, 0.05) is 67.7 Å². The van der Waals surface area contributed by atoms with Gasteiger partial charge in [-0.1, -0.05) is 6.42 Å². The number of H-pyrrole nitrogens is 1. The quantitative estimate of drug-likeness (QED) is 0.442. The van der Waals surface area contributed by atoms with Crippen molar-refractivity contribution in [2.75, 3.05) is 44.9 Å². The molecule has 0 radical (unpaired) electrons. The number of methoxy groups -OCH3 is 1. The molecule has 2 N–H and O–H groups in total. The van der Waals surface area contributed by atoms with E-state index in [2.05, 4.69) is 33.1 Å². The van der Waals surface area contributed by atoms with Crippen molar-refractivity contribution in [1.29, 1.82) is 0 Å². The van der Waals surface area contributed by atoms with E-state index in [0.717, 1.165) is 62.4 Å². The van der Waals surface area contributed by atoms with Crippen LogP contribution in [0.3, 0.4) is 0 Å². The van der Waals surface area contributed by atoms with Crippen LogP contribution in [-0.2, 0) is 11.3 Å². The fourth-order valence-electron chi connectivity index (χ4n) is 6.61. The van der Waals surface area contributed by atoms with Crippen molar-refractivity contribution in [2.45, 2.75) is 90.4 Å². The summed E-state index contributed by atoms with van der Waals surface area (Å²) in [5.74, 6) is 0.958. The van der Waals surface area contributed by atoms with Gasteiger partial charge in [0.05, 0.1) is 19.2 Å². The molecule has 9 nitrogen and oxygen atoms in total. The van der Waals surface area contributed by atoms with E-state index in [1.165, 1.54) is 39.5 Å². The molecule has 9 heteroatoms. The Morgan fingerprint density at radius 1 is 1.12 bits per heavy atom. The lowest BCUT2D eigenvalue weighted by molar-refractivity contribution is 0.00888. The van der Waals surface area contributed by atoms with Gasteiger partial charge in [0.15, 0.2) is 0 Å². The van der Waals surface area contributed by atoms with E-state index in [0.29, 0.717) is 34.7 Å². The molecular formula is C32H46N4O5. The predicted molar refractivity (Wildman–Crippen MR) is 160 cm³/mol. The van der Waals surface area contributed by atoms with Gasteiger partial charge in [-0.3, -0.25) is 9.59 Å². The number of piperidine rings is 1. The topological polar surface area (TPSA) is 96.1 Å². The number of aromatic amines is 1. The van der Waals surface area contributed by atoms with Crippen LogP contribution in [-0.4, -0.2) is 73.9 Å². The highest BCUT2D eigenvalue weighted by Gasteiger charge is 2.36. The summed E-state index contributed by atoms with van der Waals surface area (Å²) in [6.45, 7) is 10.7. The van der Waals surface area contributed by atoms with Gasteiger partial charge in [-0.05, 0) is 77.2 Å². The van der Waals surface area contributed by atoms with Gasteiger partial charge in [0.2, 0.25) is 0 Å². The van der Waals surface area contributed by atoms with E-state index in [9.17, 15) is 9.59 Å². The standard InChI is InChI=1S/C32H46N4O5/c1-5-36(23-9-13-40-14-10-23)29-19-26(41-25-16-24(17-25)35-11-7-6-8-12-35)18-27(22(29)3)31(37)33-20-28-30(39-4)15-21(2)34-32(28)38/h15,18-19,23-25H,5-14,16-17,20H2,1-4H3,(H,33,37)(H,34,38). The number of benzene rings is 1. The summed E-state index contributed by atoms with van der Waals surface area (Å²) >= 11 is 0. The smallest absolute Gasteiger partial charge is 0.256 e. The molecule has 224 valence electrons. The van der Waals surface area contributed by atoms with Crippen molar-refractivity contribution in [3.63, 3.8) is 0 Å². The number of hydrogen-bond acceptors (Lipinski definition) is 7. The van der Waals surface area contributed by atoms with Crippen molar-refractivity contribution < 1.29 is 19.0 Å². The fraction of sp³-hybridized carbons (Fsp3) is 0.625. The number of aromatic nitrogens is 1. The normalized spacial score (nSPS) is 21.7. The second-order valence-corrected chi connectivity index (χ2v) is 11.7. The first kappa shape index (κ1) is 29.5. The van der Waals surface area contributed by atoms with Crippen molar-refractivity contribution in [3.8, 4) is 11.5 Å². The second kappa shape index (κ2) is 13.3. The van der Waals surface area contributed by atoms with Crippen LogP contribution >= 0.6 is 0 Å². The van der Waals surface area contributed by atoms with Gasteiger partial charge in [0.1, 0.15) is 17.6 Å². The van der Waals surface area contributed by atoms with Crippen LogP contribution in [0.2, 0.25) is 0 Å². The molecule has 1 aromatic carbocycles. The minimum atomic E-state index is -0.262. The lowest BCUT2D eigenvalue weighted by atomic mass is 9.86. The van der Waals surface area contributed by atoms with Crippen molar-refractivity contribution in [3.05, 3.63) is 50.9 Å². The molecule has 1 aliphatic carbocycles. The Morgan fingerprint density at radius 3 is 2.54 bits per heavy atom. The monoisotopic (exact) mass is 566 g/mol. The molecule has 2 aliphatic heterocycles. The zero-order valence-electron chi connectivity index (χ0n) is 25.1. The van der Waals surface area contributed by atoms with Crippen molar-refractivity contribution in [2.24, 2.45) is 0 Å². The summed E-state index contributed by atoms with van der Waals surface area (Å²) in [5, 5.41) is 2.97. The highest BCUT2D eigenvalue weighted by atomic mass is 16.5. The van der Waals surface area contributed by atoms with Crippen LogP contribution in [0.25, 0.3) is 0 Å². The van der Waals surface area contributed by atoms with Crippen LogP contribution in [0, 0.1) is 13.8 Å². The highest BCUT2D eigenvalue weighted by molar-refractivity contribution is 5.97. The third-order valence-corrected chi connectivity index (χ3v) is 9.04. The number of aryl methyl sites for hydroxylation is 1. The fourth-order valence-corrected chi connectivity index (χ4v) is 6.61. The Balaban J connectivity index is 1.38. The molecule has 1 amide bonds.